The summed E-state index contributed by atoms with van der Waals surface area (Å²) in [4.78, 5) is 0. The molecule has 0 amide bonds. The normalized spacial score (nSPS) is 11.0. The molecule has 0 aliphatic heterocycles. The van der Waals surface area contributed by atoms with Gasteiger partial charge in [-0.15, -0.1) is 0 Å². The fraction of sp³-hybridized carbons (Fsp3) is 0.316. The van der Waals surface area contributed by atoms with E-state index in [-0.39, 0.29) is 0 Å². The number of rotatable bonds is 7. The van der Waals surface area contributed by atoms with Gasteiger partial charge in [0, 0.05) is 5.56 Å². The summed E-state index contributed by atoms with van der Waals surface area (Å²) in [5.74, 6) is 7.43. The molecule has 5 heteroatoms. The fourth-order valence-electron chi connectivity index (χ4n) is 2.40. The van der Waals surface area contributed by atoms with Crippen molar-refractivity contribution in [3.8, 4) is 17.2 Å². The van der Waals surface area contributed by atoms with Crippen molar-refractivity contribution in [2.75, 3.05) is 14.2 Å². The molecule has 0 aromatic heterocycles. The van der Waals surface area contributed by atoms with Crippen LogP contribution in [0, 0.1) is 0 Å². The third kappa shape index (κ3) is 3.98. The standard InChI is InChI=1S/C19H24N2O3/c1-13(2)15-7-5-14(6-8-15)12-24-19-17(22-3)10-9-16(11-21-20)18(19)23-4/h5-11,13H,12,20H2,1-4H3. The van der Waals surface area contributed by atoms with Crippen LogP contribution in [0.3, 0.4) is 0 Å². The van der Waals surface area contributed by atoms with Crippen molar-refractivity contribution in [1.82, 2.24) is 0 Å². The molecule has 128 valence electrons. The van der Waals surface area contributed by atoms with Crippen LogP contribution in [0.5, 0.6) is 17.2 Å². The maximum absolute atomic E-state index is 5.97. The van der Waals surface area contributed by atoms with Crippen molar-refractivity contribution in [2.24, 2.45) is 10.9 Å². The first-order valence-corrected chi connectivity index (χ1v) is 7.80. The maximum Gasteiger partial charge on any atom is 0.204 e. The van der Waals surface area contributed by atoms with Crippen LogP contribution in [-0.4, -0.2) is 20.4 Å². The van der Waals surface area contributed by atoms with Gasteiger partial charge in [-0.05, 0) is 29.2 Å². The van der Waals surface area contributed by atoms with Gasteiger partial charge in [-0.1, -0.05) is 38.1 Å². The lowest BCUT2D eigenvalue weighted by atomic mass is 10.0. The highest BCUT2D eigenvalue weighted by Gasteiger charge is 2.16. The topological polar surface area (TPSA) is 66.1 Å². The Balaban J connectivity index is 2.25. The van der Waals surface area contributed by atoms with Crippen LogP contribution in [0.4, 0.5) is 0 Å². The summed E-state index contributed by atoms with van der Waals surface area (Å²) in [7, 11) is 3.17. The van der Waals surface area contributed by atoms with Crippen LogP contribution >= 0.6 is 0 Å². The van der Waals surface area contributed by atoms with Gasteiger partial charge in [-0.2, -0.15) is 5.10 Å². The summed E-state index contributed by atoms with van der Waals surface area (Å²) < 4.78 is 16.8. The number of ether oxygens (including phenoxy) is 3. The molecular weight excluding hydrogens is 304 g/mol. The molecule has 0 fully saturated rings. The predicted molar refractivity (Wildman–Crippen MR) is 96.2 cm³/mol. The van der Waals surface area contributed by atoms with E-state index >= 15 is 0 Å². The van der Waals surface area contributed by atoms with E-state index in [0.29, 0.717) is 29.8 Å². The van der Waals surface area contributed by atoms with Gasteiger partial charge >= 0.3 is 0 Å². The van der Waals surface area contributed by atoms with Crippen LogP contribution in [0.2, 0.25) is 0 Å². The second-order valence-electron chi connectivity index (χ2n) is 5.68. The summed E-state index contributed by atoms with van der Waals surface area (Å²) in [6.07, 6.45) is 1.52. The molecule has 0 unspecified atom stereocenters. The van der Waals surface area contributed by atoms with Gasteiger partial charge in [0.2, 0.25) is 5.75 Å². The van der Waals surface area contributed by atoms with Crippen LogP contribution in [0.1, 0.15) is 36.5 Å². The lowest BCUT2D eigenvalue weighted by Crippen LogP contribution is -2.03. The van der Waals surface area contributed by atoms with E-state index in [2.05, 4.69) is 43.2 Å². The van der Waals surface area contributed by atoms with Gasteiger partial charge in [0.25, 0.3) is 0 Å². The highest BCUT2D eigenvalue weighted by Crippen LogP contribution is 2.39. The summed E-state index contributed by atoms with van der Waals surface area (Å²) in [6, 6.07) is 12.0. The number of nitrogens with two attached hydrogens (primary N) is 1. The molecule has 5 nitrogen and oxygen atoms in total. The molecule has 0 saturated carbocycles. The quantitative estimate of drug-likeness (QED) is 0.478. The monoisotopic (exact) mass is 328 g/mol. The van der Waals surface area contributed by atoms with E-state index in [9.17, 15) is 0 Å². The van der Waals surface area contributed by atoms with E-state index in [4.69, 9.17) is 20.1 Å². The second-order valence-corrected chi connectivity index (χ2v) is 5.68. The number of hydrogen-bond donors (Lipinski definition) is 1. The van der Waals surface area contributed by atoms with Gasteiger partial charge in [0.15, 0.2) is 11.5 Å². The largest absolute Gasteiger partial charge is 0.493 e. The molecule has 0 aliphatic carbocycles. The molecule has 0 bridgehead atoms. The summed E-state index contributed by atoms with van der Waals surface area (Å²) in [5, 5.41) is 3.55. The molecule has 2 N–H and O–H groups in total. The Morgan fingerprint density at radius 3 is 2.25 bits per heavy atom. The number of hydrazone groups is 1. The van der Waals surface area contributed by atoms with Gasteiger partial charge in [0.05, 0.1) is 20.4 Å². The minimum Gasteiger partial charge on any atom is -0.493 e. The average Bonchev–Trinajstić information content (AvgIpc) is 2.60. The molecule has 0 spiro atoms. The van der Waals surface area contributed by atoms with Crippen LogP contribution in [-0.2, 0) is 6.61 Å². The lowest BCUT2D eigenvalue weighted by molar-refractivity contribution is 0.265. The molecule has 0 radical (unpaired) electrons. The zero-order chi connectivity index (χ0) is 17.5. The highest BCUT2D eigenvalue weighted by atomic mass is 16.5. The summed E-state index contributed by atoms with van der Waals surface area (Å²) in [5.41, 5.74) is 3.10. The molecule has 0 heterocycles. The first-order valence-electron chi connectivity index (χ1n) is 7.80. The molecular formula is C19H24N2O3. The minimum absolute atomic E-state index is 0.411. The Morgan fingerprint density at radius 1 is 1.00 bits per heavy atom. The SMILES string of the molecule is COc1ccc(C=NN)c(OC)c1OCc1ccc(C(C)C)cc1. The van der Waals surface area contributed by atoms with Gasteiger partial charge < -0.3 is 20.1 Å². The fourth-order valence-corrected chi connectivity index (χ4v) is 2.40. The van der Waals surface area contributed by atoms with Crippen LogP contribution in [0.25, 0.3) is 0 Å². The van der Waals surface area contributed by atoms with E-state index in [1.165, 1.54) is 11.8 Å². The third-order valence-electron chi connectivity index (χ3n) is 3.77. The number of methoxy groups -OCH3 is 2. The van der Waals surface area contributed by atoms with Crippen molar-refractivity contribution in [2.45, 2.75) is 26.4 Å². The minimum atomic E-state index is 0.411. The zero-order valence-electron chi connectivity index (χ0n) is 14.6. The molecule has 2 rings (SSSR count). The average molecular weight is 328 g/mol. The van der Waals surface area contributed by atoms with Gasteiger partial charge in [-0.25, -0.2) is 0 Å². The van der Waals surface area contributed by atoms with Crippen molar-refractivity contribution >= 4 is 6.21 Å². The summed E-state index contributed by atoms with van der Waals surface area (Å²) in [6.45, 7) is 4.76. The molecule has 2 aromatic carbocycles. The van der Waals surface area contributed by atoms with Crippen molar-refractivity contribution in [1.29, 1.82) is 0 Å². The zero-order valence-corrected chi connectivity index (χ0v) is 14.6. The lowest BCUT2D eigenvalue weighted by Gasteiger charge is -2.16. The smallest absolute Gasteiger partial charge is 0.204 e. The number of hydrogen-bond acceptors (Lipinski definition) is 5. The summed E-state index contributed by atoms with van der Waals surface area (Å²) >= 11 is 0. The Labute approximate surface area is 143 Å². The van der Waals surface area contributed by atoms with E-state index in [1.54, 1.807) is 20.3 Å². The van der Waals surface area contributed by atoms with Gasteiger partial charge in [-0.3, -0.25) is 0 Å². The Hall–Kier alpha value is -2.69. The Morgan fingerprint density at radius 2 is 1.71 bits per heavy atom. The van der Waals surface area contributed by atoms with E-state index in [0.717, 1.165) is 11.1 Å². The Kier molecular flexibility index (Phi) is 6.07. The molecule has 0 atom stereocenters. The van der Waals surface area contributed by atoms with Gasteiger partial charge in [0.1, 0.15) is 6.61 Å². The molecule has 2 aromatic rings. The van der Waals surface area contributed by atoms with E-state index in [1.807, 2.05) is 6.07 Å². The predicted octanol–water partition coefficient (Wildman–Crippen LogP) is 3.70. The van der Waals surface area contributed by atoms with Crippen LogP contribution in [0.15, 0.2) is 41.5 Å². The van der Waals surface area contributed by atoms with Crippen molar-refractivity contribution < 1.29 is 14.2 Å². The first-order chi connectivity index (χ1) is 11.6. The maximum atomic E-state index is 5.97. The van der Waals surface area contributed by atoms with E-state index < -0.39 is 0 Å². The Bertz CT molecular complexity index is 695. The highest BCUT2D eigenvalue weighted by molar-refractivity contribution is 5.86. The molecule has 0 aliphatic rings. The molecule has 0 saturated heterocycles. The van der Waals surface area contributed by atoms with Crippen molar-refractivity contribution in [3.63, 3.8) is 0 Å². The second kappa shape index (κ2) is 8.24. The number of benzene rings is 2. The van der Waals surface area contributed by atoms with Crippen molar-refractivity contribution in [3.05, 3.63) is 53.1 Å². The third-order valence-corrected chi connectivity index (χ3v) is 3.77. The first kappa shape index (κ1) is 17.7. The molecule has 24 heavy (non-hydrogen) atoms. The van der Waals surface area contributed by atoms with Crippen LogP contribution < -0.4 is 20.1 Å². The number of nitrogens with zero attached hydrogens (tertiary/aromatic N) is 1.